The van der Waals surface area contributed by atoms with Gasteiger partial charge in [-0.25, -0.2) is 4.39 Å². The Morgan fingerprint density at radius 2 is 2.05 bits per heavy atom. The van der Waals surface area contributed by atoms with E-state index in [2.05, 4.69) is 11.0 Å². The maximum Gasteiger partial charge on any atom is 0.165 e. The molecule has 196 valence electrons. The number of nitrogens with zero attached hydrogens (tertiary/aromatic N) is 1. The first-order chi connectivity index (χ1) is 18.0. The van der Waals surface area contributed by atoms with Gasteiger partial charge in [-0.15, -0.1) is 0 Å². The Bertz CT molecular complexity index is 1260. The number of fused-ring (bicyclic) bond motifs is 2. The molecule has 9 rings (SSSR count). The maximum atomic E-state index is 13.7. The van der Waals surface area contributed by atoms with E-state index in [0.29, 0.717) is 25.0 Å². The molecule has 6 heteroatoms. The van der Waals surface area contributed by atoms with Crippen molar-refractivity contribution < 1.29 is 23.7 Å². The Kier molecular flexibility index (Phi) is 4.75. The average Bonchev–Trinajstić information content (AvgIpc) is 3.64. The summed E-state index contributed by atoms with van der Waals surface area (Å²) in [4.78, 5) is 2.82. The fourth-order valence-corrected chi connectivity index (χ4v) is 9.69. The van der Waals surface area contributed by atoms with E-state index in [0.717, 1.165) is 50.1 Å². The highest BCUT2D eigenvalue weighted by atomic mass is 19.1. The maximum absolute atomic E-state index is 13.7. The van der Waals surface area contributed by atoms with Gasteiger partial charge in [0.25, 0.3) is 0 Å². The number of piperidine rings is 1. The van der Waals surface area contributed by atoms with E-state index in [4.69, 9.17) is 14.2 Å². The van der Waals surface area contributed by atoms with Crippen LogP contribution in [0.15, 0.2) is 36.4 Å². The molecule has 2 heterocycles. The Hall–Kier alpha value is -2.15. The van der Waals surface area contributed by atoms with Crippen molar-refractivity contribution in [2.24, 2.45) is 17.3 Å². The second-order valence-electron chi connectivity index (χ2n) is 12.7. The van der Waals surface area contributed by atoms with Crippen LogP contribution in [0.4, 0.5) is 4.39 Å². The molecule has 0 radical (unpaired) electrons. The van der Waals surface area contributed by atoms with Crippen LogP contribution in [-0.2, 0) is 27.9 Å². The molecule has 5 nitrogen and oxygen atoms in total. The zero-order valence-electron chi connectivity index (χ0n) is 21.5. The van der Waals surface area contributed by atoms with Crippen LogP contribution in [0.5, 0.6) is 11.5 Å². The molecule has 4 saturated carbocycles. The summed E-state index contributed by atoms with van der Waals surface area (Å²) in [7, 11) is 1.84. The third-order valence-electron chi connectivity index (χ3n) is 11.3. The third-order valence-corrected chi connectivity index (χ3v) is 11.3. The molecule has 0 unspecified atom stereocenters. The molecule has 7 aliphatic rings. The Labute approximate surface area is 217 Å². The quantitative estimate of drug-likeness (QED) is 0.576. The second-order valence-corrected chi connectivity index (χ2v) is 12.7. The van der Waals surface area contributed by atoms with Crippen LogP contribution < -0.4 is 4.74 Å². The Morgan fingerprint density at radius 1 is 1.16 bits per heavy atom. The van der Waals surface area contributed by atoms with E-state index in [-0.39, 0.29) is 34.4 Å². The lowest BCUT2D eigenvalue weighted by Gasteiger charge is -2.74. The van der Waals surface area contributed by atoms with Gasteiger partial charge in [-0.2, -0.15) is 0 Å². The van der Waals surface area contributed by atoms with Crippen molar-refractivity contribution in [3.63, 3.8) is 0 Å². The third kappa shape index (κ3) is 2.85. The molecule has 5 aliphatic carbocycles. The minimum Gasteiger partial charge on any atom is -0.504 e. The first-order valence-corrected chi connectivity index (χ1v) is 14.1. The molecule has 37 heavy (non-hydrogen) atoms. The number of aromatic hydroxyl groups is 1. The predicted molar refractivity (Wildman–Crippen MR) is 136 cm³/mol. The van der Waals surface area contributed by atoms with Gasteiger partial charge in [-0.05, 0) is 86.7 Å². The summed E-state index contributed by atoms with van der Waals surface area (Å²) < 4.78 is 33.4. The topological polar surface area (TPSA) is 51.2 Å². The molecule has 2 aromatic rings. The molecular weight excluding hydrogens is 469 g/mol. The first kappa shape index (κ1) is 22.8. The lowest BCUT2D eigenvalue weighted by Crippen LogP contribution is -2.81. The molecule has 2 aromatic carbocycles. The molecule has 1 N–H and O–H groups in total. The van der Waals surface area contributed by atoms with Gasteiger partial charge >= 0.3 is 0 Å². The number of rotatable bonds is 7. The molecule has 0 amide bonds. The molecule has 0 aromatic heterocycles. The molecule has 1 saturated heterocycles. The summed E-state index contributed by atoms with van der Waals surface area (Å²) in [6.07, 6.45) is 7.82. The number of phenols is 1. The van der Waals surface area contributed by atoms with Gasteiger partial charge in [-0.1, -0.05) is 18.2 Å². The first-order valence-electron chi connectivity index (χ1n) is 14.1. The zero-order chi connectivity index (χ0) is 25.0. The Balaban J connectivity index is 1.20. The summed E-state index contributed by atoms with van der Waals surface area (Å²) in [5.74, 6) is 1.78. The van der Waals surface area contributed by atoms with E-state index in [1.807, 2.05) is 19.2 Å². The number of hydrogen-bond donors (Lipinski definition) is 1. The van der Waals surface area contributed by atoms with Crippen LogP contribution in [0.25, 0.3) is 0 Å². The minimum absolute atomic E-state index is 0.0873. The van der Waals surface area contributed by atoms with Crippen LogP contribution in [0.3, 0.4) is 0 Å². The van der Waals surface area contributed by atoms with E-state index < -0.39 is 5.60 Å². The highest BCUT2D eigenvalue weighted by molar-refractivity contribution is 5.63. The van der Waals surface area contributed by atoms with Gasteiger partial charge in [0.2, 0.25) is 0 Å². The van der Waals surface area contributed by atoms with Gasteiger partial charge in [0.1, 0.15) is 17.5 Å². The standard InChI is InChI=1S/C31H36FNO4/c1-35-31-10-9-29(15-22(31)18-36-17-20-3-2-4-23(32)13-20)25-14-21-7-8-24(34)27-26(21)30(29,28(31)37-27)11-12-33(25)16-19-5-6-19/h2-4,7-8,13,19,22,25,28,34H,5-6,9-12,14-18H2,1H3/t22-,25-,28-,29-,30+,31-/m1/s1. The van der Waals surface area contributed by atoms with Gasteiger partial charge in [-0.3, -0.25) is 4.90 Å². The summed E-state index contributed by atoms with van der Waals surface area (Å²) in [6, 6.07) is 11.1. The monoisotopic (exact) mass is 505 g/mol. The van der Waals surface area contributed by atoms with Crippen LogP contribution >= 0.6 is 0 Å². The van der Waals surface area contributed by atoms with Crippen LogP contribution in [0.2, 0.25) is 0 Å². The second kappa shape index (κ2) is 7.71. The van der Waals surface area contributed by atoms with Crippen molar-refractivity contribution >= 4 is 0 Å². The van der Waals surface area contributed by atoms with Crippen molar-refractivity contribution in [1.82, 2.24) is 4.90 Å². The highest BCUT2D eigenvalue weighted by Gasteiger charge is 2.80. The van der Waals surface area contributed by atoms with Gasteiger partial charge in [0.15, 0.2) is 11.5 Å². The summed E-state index contributed by atoms with van der Waals surface area (Å²) in [5.41, 5.74) is 3.01. The fraction of sp³-hybridized carbons (Fsp3) is 0.613. The van der Waals surface area contributed by atoms with Gasteiger partial charge in [0, 0.05) is 42.0 Å². The molecule has 4 bridgehead atoms. The Morgan fingerprint density at radius 3 is 2.86 bits per heavy atom. The van der Waals surface area contributed by atoms with Crippen molar-refractivity contribution in [2.75, 3.05) is 26.8 Å². The number of likely N-dealkylation sites (tertiary alicyclic amines) is 1. The number of phenolic OH excluding ortho intramolecular Hbond substituents is 1. The van der Waals surface area contributed by atoms with Crippen LogP contribution in [0.1, 0.15) is 55.2 Å². The lowest BCUT2D eigenvalue weighted by atomic mass is 9.35. The van der Waals surface area contributed by atoms with Crippen molar-refractivity contribution in [2.45, 2.75) is 74.7 Å². The lowest BCUT2D eigenvalue weighted by molar-refractivity contribution is -0.283. The van der Waals surface area contributed by atoms with Gasteiger partial charge in [0.05, 0.1) is 13.2 Å². The van der Waals surface area contributed by atoms with E-state index in [1.165, 1.54) is 36.6 Å². The van der Waals surface area contributed by atoms with E-state index in [1.54, 1.807) is 12.1 Å². The van der Waals surface area contributed by atoms with Crippen molar-refractivity contribution in [1.29, 1.82) is 0 Å². The normalized spacial score (nSPS) is 38.9. The summed E-state index contributed by atoms with van der Waals surface area (Å²) >= 11 is 0. The zero-order valence-corrected chi connectivity index (χ0v) is 21.5. The predicted octanol–water partition coefficient (Wildman–Crippen LogP) is 4.97. The van der Waals surface area contributed by atoms with E-state index in [9.17, 15) is 9.50 Å². The largest absolute Gasteiger partial charge is 0.504 e. The minimum atomic E-state index is -0.465. The molecule has 6 atom stereocenters. The number of methoxy groups -OCH3 is 1. The van der Waals surface area contributed by atoms with Crippen LogP contribution in [0, 0.1) is 23.1 Å². The smallest absolute Gasteiger partial charge is 0.165 e. The van der Waals surface area contributed by atoms with Crippen LogP contribution in [-0.4, -0.2) is 54.6 Å². The van der Waals surface area contributed by atoms with Gasteiger partial charge < -0.3 is 19.3 Å². The fourth-order valence-electron chi connectivity index (χ4n) is 9.69. The van der Waals surface area contributed by atoms with Crippen molar-refractivity contribution in [3.8, 4) is 11.5 Å². The van der Waals surface area contributed by atoms with Crippen molar-refractivity contribution in [3.05, 3.63) is 58.9 Å². The van der Waals surface area contributed by atoms with E-state index >= 15 is 0 Å². The SMILES string of the molecule is CO[C@]12CC[C@@]3(C[C@@H]1COCc1cccc(F)c1)[C@H]1Cc4ccc(O)c5c4[C@@]3(CCN1CC1CC1)[C@H]2O5. The number of ether oxygens (including phenoxy) is 3. The molecule has 5 fully saturated rings. The average molecular weight is 506 g/mol. The molecule has 2 aliphatic heterocycles. The summed E-state index contributed by atoms with van der Waals surface area (Å²) in [6.45, 7) is 3.26. The number of benzene rings is 2. The number of hydrogen-bond acceptors (Lipinski definition) is 5. The number of halogens is 1. The highest BCUT2D eigenvalue weighted by Crippen LogP contribution is 2.76. The summed E-state index contributed by atoms with van der Waals surface area (Å²) in [5, 5.41) is 11.0. The molecule has 2 spiro atoms. The molecular formula is C31H36FNO4.